The van der Waals surface area contributed by atoms with E-state index in [0.717, 1.165) is 24.2 Å². The second-order valence-corrected chi connectivity index (χ2v) is 5.85. The van der Waals surface area contributed by atoms with E-state index in [4.69, 9.17) is 0 Å². The molecule has 1 aromatic carbocycles. The van der Waals surface area contributed by atoms with Crippen molar-refractivity contribution in [3.63, 3.8) is 0 Å². The molecular weight excluding hydrogens is 290 g/mol. The van der Waals surface area contributed by atoms with Gasteiger partial charge >= 0.3 is 0 Å². The average Bonchev–Trinajstić information content (AvgIpc) is 3.00. The number of aryl methyl sites for hydroxylation is 1. The van der Waals surface area contributed by atoms with Crippen molar-refractivity contribution in [2.45, 2.75) is 52.2 Å². The first-order valence-electron chi connectivity index (χ1n) is 8.04. The number of amides is 1. The minimum atomic E-state index is 0.0267. The number of para-hydroxylation sites is 1. The molecule has 2 rings (SSSR count). The van der Waals surface area contributed by atoms with Crippen LogP contribution < -0.4 is 10.6 Å². The molecule has 1 heterocycles. The standard InChI is InChI=1S/C17H25N5O/c1-4-15-7-5-6-8-16(15)21-17(23)9-13(2)20-14(3)10-22-12-18-11-19-22/h5-8,11-14,20H,4,9-10H2,1-3H3,(H,21,23)/t13-,14+/m0/s1. The largest absolute Gasteiger partial charge is 0.326 e. The van der Waals surface area contributed by atoms with E-state index in [0.29, 0.717) is 6.42 Å². The Morgan fingerprint density at radius 1 is 1.26 bits per heavy atom. The third kappa shape index (κ3) is 5.49. The summed E-state index contributed by atoms with van der Waals surface area (Å²) in [4.78, 5) is 16.1. The van der Waals surface area contributed by atoms with E-state index in [1.807, 2.05) is 31.2 Å². The van der Waals surface area contributed by atoms with Gasteiger partial charge in [-0.05, 0) is 31.9 Å². The molecule has 0 radical (unpaired) electrons. The van der Waals surface area contributed by atoms with Crippen LogP contribution in [0.15, 0.2) is 36.9 Å². The van der Waals surface area contributed by atoms with Crippen LogP contribution in [-0.4, -0.2) is 32.8 Å². The third-order valence-corrected chi connectivity index (χ3v) is 3.66. The number of nitrogens with zero attached hydrogens (tertiary/aromatic N) is 3. The maximum absolute atomic E-state index is 12.2. The van der Waals surface area contributed by atoms with Gasteiger partial charge in [0, 0.05) is 24.2 Å². The van der Waals surface area contributed by atoms with Gasteiger partial charge in [-0.1, -0.05) is 25.1 Å². The number of benzene rings is 1. The molecule has 0 bridgehead atoms. The second-order valence-electron chi connectivity index (χ2n) is 5.85. The minimum absolute atomic E-state index is 0.0267. The molecule has 1 aromatic heterocycles. The SMILES string of the molecule is CCc1ccccc1NC(=O)C[C@H](C)N[C@H](C)Cn1cncn1. The van der Waals surface area contributed by atoms with Crippen LogP contribution in [0.1, 0.15) is 32.8 Å². The van der Waals surface area contributed by atoms with Crippen LogP contribution in [-0.2, 0) is 17.8 Å². The van der Waals surface area contributed by atoms with Gasteiger partial charge in [-0.3, -0.25) is 9.48 Å². The summed E-state index contributed by atoms with van der Waals surface area (Å²) in [6.07, 6.45) is 4.55. The summed E-state index contributed by atoms with van der Waals surface area (Å²) in [6.45, 7) is 6.90. The van der Waals surface area contributed by atoms with Crippen molar-refractivity contribution in [2.75, 3.05) is 5.32 Å². The summed E-state index contributed by atoms with van der Waals surface area (Å²) >= 11 is 0. The Kier molecular flexibility index (Phi) is 6.29. The molecule has 124 valence electrons. The Balaban J connectivity index is 1.80. The van der Waals surface area contributed by atoms with Gasteiger partial charge < -0.3 is 10.6 Å². The summed E-state index contributed by atoms with van der Waals surface area (Å²) in [5, 5.41) is 10.5. The summed E-state index contributed by atoms with van der Waals surface area (Å²) < 4.78 is 1.78. The lowest BCUT2D eigenvalue weighted by Gasteiger charge is -2.20. The Labute approximate surface area is 137 Å². The quantitative estimate of drug-likeness (QED) is 0.783. The van der Waals surface area contributed by atoms with Crippen LogP contribution in [0.25, 0.3) is 0 Å². The van der Waals surface area contributed by atoms with Crippen molar-refractivity contribution in [2.24, 2.45) is 0 Å². The molecule has 0 aliphatic rings. The first-order valence-corrected chi connectivity index (χ1v) is 8.04. The number of nitrogens with one attached hydrogen (secondary N) is 2. The monoisotopic (exact) mass is 315 g/mol. The highest BCUT2D eigenvalue weighted by Crippen LogP contribution is 2.15. The van der Waals surface area contributed by atoms with Crippen molar-refractivity contribution in [1.82, 2.24) is 20.1 Å². The second kappa shape index (κ2) is 8.43. The maximum atomic E-state index is 12.2. The first-order chi connectivity index (χ1) is 11.1. The topological polar surface area (TPSA) is 71.8 Å². The number of hydrogen-bond donors (Lipinski definition) is 2. The fourth-order valence-corrected chi connectivity index (χ4v) is 2.63. The summed E-state index contributed by atoms with van der Waals surface area (Å²) in [6, 6.07) is 8.21. The van der Waals surface area contributed by atoms with Crippen LogP contribution in [0.3, 0.4) is 0 Å². The van der Waals surface area contributed by atoms with Crippen molar-refractivity contribution in [3.8, 4) is 0 Å². The molecule has 2 N–H and O–H groups in total. The number of hydrogen-bond acceptors (Lipinski definition) is 4. The summed E-state index contributed by atoms with van der Waals surface area (Å²) in [5.41, 5.74) is 2.06. The van der Waals surface area contributed by atoms with Crippen LogP contribution in [0, 0.1) is 0 Å². The van der Waals surface area contributed by atoms with Crippen LogP contribution in [0.5, 0.6) is 0 Å². The molecule has 0 fully saturated rings. The van der Waals surface area contributed by atoms with E-state index in [2.05, 4.69) is 34.6 Å². The highest BCUT2D eigenvalue weighted by atomic mass is 16.1. The third-order valence-electron chi connectivity index (χ3n) is 3.66. The molecule has 0 spiro atoms. The van der Waals surface area contributed by atoms with Crippen LogP contribution in [0.2, 0.25) is 0 Å². The number of anilines is 1. The van der Waals surface area contributed by atoms with Gasteiger partial charge in [0.15, 0.2) is 0 Å². The van der Waals surface area contributed by atoms with Gasteiger partial charge in [0.25, 0.3) is 0 Å². The van der Waals surface area contributed by atoms with Crippen molar-refractivity contribution < 1.29 is 4.79 Å². The Hall–Kier alpha value is -2.21. The lowest BCUT2D eigenvalue weighted by molar-refractivity contribution is -0.116. The van der Waals surface area contributed by atoms with Crippen molar-refractivity contribution in [1.29, 1.82) is 0 Å². The molecule has 1 amide bonds. The molecule has 0 aliphatic carbocycles. The average molecular weight is 315 g/mol. The van der Waals surface area contributed by atoms with Gasteiger partial charge in [0.1, 0.15) is 12.7 Å². The zero-order chi connectivity index (χ0) is 16.7. The van der Waals surface area contributed by atoms with Crippen molar-refractivity contribution in [3.05, 3.63) is 42.5 Å². The smallest absolute Gasteiger partial charge is 0.225 e. The van der Waals surface area contributed by atoms with Gasteiger partial charge in [-0.15, -0.1) is 0 Å². The zero-order valence-electron chi connectivity index (χ0n) is 14.0. The number of carbonyl (C=O) groups excluding carboxylic acids is 1. The molecule has 6 nitrogen and oxygen atoms in total. The van der Waals surface area contributed by atoms with E-state index in [1.165, 1.54) is 6.33 Å². The summed E-state index contributed by atoms with van der Waals surface area (Å²) in [5.74, 6) is 0.0267. The fourth-order valence-electron chi connectivity index (χ4n) is 2.63. The van der Waals surface area contributed by atoms with E-state index in [-0.39, 0.29) is 18.0 Å². The highest BCUT2D eigenvalue weighted by Gasteiger charge is 2.13. The highest BCUT2D eigenvalue weighted by molar-refractivity contribution is 5.91. The number of aromatic nitrogens is 3. The van der Waals surface area contributed by atoms with E-state index < -0.39 is 0 Å². The van der Waals surface area contributed by atoms with Gasteiger partial charge in [0.05, 0.1) is 6.54 Å². The van der Waals surface area contributed by atoms with Crippen LogP contribution in [0.4, 0.5) is 5.69 Å². The lowest BCUT2D eigenvalue weighted by Crippen LogP contribution is -2.39. The van der Waals surface area contributed by atoms with E-state index in [9.17, 15) is 4.79 Å². The predicted molar refractivity (Wildman–Crippen MR) is 91.1 cm³/mol. The maximum Gasteiger partial charge on any atom is 0.225 e. The van der Waals surface area contributed by atoms with Crippen molar-refractivity contribution >= 4 is 11.6 Å². The predicted octanol–water partition coefficient (Wildman–Crippen LogP) is 2.24. The fraction of sp³-hybridized carbons (Fsp3) is 0.471. The molecule has 0 saturated carbocycles. The molecule has 2 atom stereocenters. The van der Waals surface area contributed by atoms with Gasteiger partial charge in [0.2, 0.25) is 5.91 Å². The Bertz CT molecular complexity index is 611. The molecule has 23 heavy (non-hydrogen) atoms. The van der Waals surface area contributed by atoms with E-state index in [1.54, 1.807) is 11.0 Å². The number of rotatable bonds is 8. The molecule has 2 aromatic rings. The van der Waals surface area contributed by atoms with Gasteiger partial charge in [-0.25, -0.2) is 4.98 Å². The first kappa shape index (κ1) is 17.1. The summed E-state index contributed by atoms with van der Waals surface area (Å²) in [7, 11) is 0. The lowest BCUT2D eigenvalue weighted by atomic mass is 10.1. The van der Waals surface area contributed by atoms with Crippen LogP contribution >= 0.6 is 0 Å². The molecule has 0 unspecified atom stereocenters. The molecule has 0 saturated heterocycles. The molecule has 6 heteroatoms. The zero-order valence-corrected chi connectivity index (χ0v) is 14.0. The normalized spacial score (nSPS) is 13.5. The van der Waals surface area contributed by atoms with Gasteiger partial charge in [-0.2, -0.15) is 5.10 Å². The minimum Gasteiger partial charge on any atom is -0.326 e. The van der Waals surface area contributed by atoms with E-state index >= 15 is 0 Å². The Morgan fingerprint density at radius 3 is 2.74 bits per heavy atom. The Morgan fingerprint density at radius 2 is 2.04 bits per heavy atom. The molecular formula is C17H25N5O. The molecule has 0 aliphatic heterocycles. The number of carbonyl (C=O) groups is 1.